The maximum absolute atomic E-state index is 12.9. The standard InChI is InChI=1S/C21H20FN3O/c1-14-3-4-15(2)19(11-14)25-18-9-10-23-20(12-18)21(26)24-13-16-5-7-17(22)8-6-16/h3-12H,13H2,1-2H3,(H,23,25)(H,24,26). The van der Waals surface area contributed by atoms with Crippen molar-refractivity contribution in [2.75, 3.05) is 5.32 Å². The van der Waals surface area contributed by atoms with Crippen LogP contribution in [0.5, 0.6) is 0 Å². The SMILES string of the molecule is Cc1ccc(C)c(Nc2ccnc(C(=O)NCc3ccc(F)cc3)c2)c1. The van der Waals surface area contributed by atoms with Gasteiger partial charge in [0, 0.05) is 24.1 Å². The first-order valence-electron chi connectivity index (χ1n) is 8.34. The van der Waals surface area contributed by atoms with E-state index in [1.54, 1.807) is 24.4 Å². The van der Waals surface area contributed by atoms with Gasteiger partial charge in [0.15, 0.2) is 0 Å². The van der Waals surface area contributed by atoms with E-state index < -0.39 is 0 Å². The molecule has 5 heteroatoms. The van der Waals surface area contributed by atoms with E-state index >= 15 is 0 Å². The number of carbonyl (C=O) groups excluding carboxylic acids is 1. The lowest BCUT2D eigenvalue weighted by Crippen LogP contribution is -2.23. The zero-order valence-electron chi connectivity index (χ0n) is 14.7. The lowest BCUT2D eigenvalue weighted by atomic mass is 10.1. The molecular weight excluding hydrogens is 329 g/mol. The van der Waals surface area contributed by atoms with E-state index in [0.29, 0.717) is 12.2 Å². The van der Waals surface area contributed by atoms with Crippen molar-refractivity contribution >= 4 is 17.3 Å². The second-order valence-electron chi connectivity index (χ2n) is 6.18. The van der Waals surface area contributed by atoms with Crippen molar-refractivity contribution in [2.45, 2.75) is 20.4 Å². The van der Waals surface area contributed by atoms with Gasteiger partial charge in [0.05, 0.1) is 0 Å². The van der Waals surface area contributed by atoms with Crippen LogP contribution in [0, 0.1) is 19.7 Å². The minimum absolute atomic E-state index is 0.279. The van der Waals surface area contributed by atoms with E-state index in [1.165, 1.54) is 12.1 Å². The van der Waals surface area contributed by atoms with Gasteiger partial charge >= 0.3 is 0 Å². The summed E-state index contributed by atoms with van der Waals surface area (Å²) in [5.41, 5.74) is 5.21. The third-order valence-corrected chi connectivity index (χ3v) is 4.03. The molecule has 2 N–H and O–H groups in total. The normalized spacial score (nSPS) is 10.4. The highest BCUT2D eigenvalue weighted by Gasteiger charge is 2.09. The highest BCUT2D eigenvalue weighted by molar-refractivity contribution is 5.93. The summed E-state index contributed by atoms with van der Waals surface area (Å²) < 4.78 is 12.9. The number of nitrogens with zero attached hydrogens (tertiary/aromatic N) is 1. The molecule has 3 rings (SSSR count). The molecule has 0 bridgehead atoms. The van der Waals surface area contributed by atoms with Crippen molar-refractivity contribution in [3.05, 3.63) is 89.0 Å². The molecule has 0 unspecified atom stereocenters. The molecule has 0 saturated carbocycles. The van der Waals surface area contributed by atoms with E-state index in [9.17, 15) is 9.18 Å². The number of halogens is 1. The third-order valence-electron chi connectivity index (χ3n) is 4.03. The molecule has 0 aliphatic rings. The Hall–Kier alpha value is -3.21. The topological polar surface area (TPSA) is 54.0 Å². The quantitative estimate of drug-likeness (QED) is 0.712. The fourth-order valence-electron chi connectivity index (χ4n) is 2.53. The summed E-state index contributed by atoms with van der Waals surface area (Å²) in [6, 6.07) is 15.7. The van der Waals surface area contributed by atoms with Gasteiger partial charge in [-0.15, -0.1) is 0 Å². The van der Waals surface area contributed by atoms with Crippen LogP contribution >= 0.6 is 0 Å². The number of rotatable bonds is 5. The first-order chi connectivity index (χ1) is 12.5. The van der Waals surface area contributed by atoms with E-state index in [-0.39, 0.29) is 11.7 Å². The summed E-state index contributed by atoms with van der Waals surface area (Å²) >= 11 is 0. The first-order valence-corrected chi connectivity index (χ1v) is 8.34. The Morgan fingerprint density at radius 2 is 1.81 bits per heavy atom. The lowest BCUT2D eigenvalue weighted by molar-refractivity contribution is 0.0946. The number of aryl methyl sites for hydroxylation is 2. The van der Waals surface area contributed by atoms with Gasteiger partial charge in [0.1, 0.15) is 11.5 Å². The zero-order chi connectivity index (χ0) is 18.5. The van der Waals surface area contributed by atoms with Crippen LogP contribution in [0.2, 0.25) is 0 Å². The maximum atomic E-state index is 12.9. The van der Waals surface area contributed by atoms with Crippen LogP contribution in [0.3, 0.4) is 0 Å². The number of aromatic nitrogens is 1. The lowest BCUT2D eigenvalue weighted by Gasteiger charge is -2.11. The number of amides is 1. The monoisotopic (exact) mass is 349 g/mol. The minimum Gasteiger partial charge on any atom is -0.355 e. The molecule has 0 aliphatic carbocycles. The highest BCUT2D eigenvalue weighted by atomic mass is 19.1. The Labute approximate surface area is 152 Å². The molecule has 3 aromatic rings. The Kier molecular flexibility index (Phi) is 5.27. The van der Waals surface area contributed by atoms with Crippen molar-refractivity contribution in [2.24, 2.45) is 0 Å². The predicted molar refractivity (Wildman–Crippen MR) is 101 cm³/mol. The molecule has 0 fully saturated rings. The number of anilines is 2. The van der Waals surface area contributed by atoms with Crippen LogP contribution in [-0.2, 0) is 6.54 Å². The fourth-order valence-corrected chi connectivity index (χ4v) is 2.53. The molecule has 132 valence electrons. The molecule has 0 atom stereocenters. The van der Waals surface area contributed by atoms with Crippen molar-refractivity contribution in [1.82, 2.24) is 10.3 Å². The summed E-state index contributed by atoms with van der Waals surface area (Å²) in [6.45, 7) is 4.38. The Balaban J connectivity index is 1.69. The predicted octanol–water partition coefficient (Wildman–Crippen LogP) is 4.51. The molecule has 0 spiro atoms. The average Bonchev–Trinajstić information content (AvgIpc) is 2.64. The Morgan fingerprint density at radius 3 is 2.58 bits per heavy atom. The molecule has 2 aromatic carbocycles. The second-order valence-corrected chi connectivity index (χ2v) is 6.18. The van der Waals surface area contributed by atoms with E-state index in [2.05, 4.69) is 33.8 Å². The van der Waals surface area contributed by atoms with E-state index in [4.69, 9.17) is 0 Å². The molecule has 1 aromatic heterocycles. The maximum Gasteiger partial charge on any atom is 0.270 e. The first kappa shape index (κ1) is 17.6. The van der Waals surface area contributed by atoms with Gasteiger partial charge in [0.25, 0.3) is 5.91 Å². The van der Waals surface area contributed by atoms with Gasteiger partial charge in [-0.3, -0.25) is 9.78 Å². The number of benzene rings is 2. The van der Waals surface area contributed by atoms with Crippen LogP contribution in [-0.4, -0.2) is 10.9 Å². The highest BCUT2D eigenvalue weighted by Crippen LogP contribution is 2.22. The summed E-state index contributed by atoms with van der Waals surface area (Å²) in [6.07, 6.45) is 1.60. The molecule has 4 nitrogen and oxygen atoms in total. The zero-order valence-corrected chi connectivity index (χ0v) is 14.7. The van der Waals surface area contributed by atoms with Crippen molar-refractivity contribution in [3.63, 3.8) is 0 Å². The minimum atomic E-state index is -0.299. The summed E-state index contributed by atoms with van der Waals surface area (Å²) in [5, 5.41) is 6.12. The van der Waals surface area contributed by atoms with E-state index in [1.807, 2.05) is 19.9 Å². The van der Waals surface area contributed by atoms with Crippen LogP contribution < -0.4 is 10.6 Å². The van der Waals surface area contributed by atoms with Crippen LogP contribution in [0.25, 0.3) is 0 Å². The smallest absolute Gasteiger partial charge is 0.270 e. The van der Waals surface area contributed by atoms with Crippen molar-refractivity contribution in [3.8, 4) is 0 Å². The van der Waals surface area contributed by atoms with Crippen LogP contribution in [0.15, 0.2) is 60.8 Å². The van der Waals surface area contributed by atoms with Gasteiger partial charge in [0.2, 0.25) is 0 Å². The number of pyridine rings is 1. The molecule has 1 amide bonds. The van der Waals surface area contributed by atoms with Crippen molar-refractivity contribution in [1.29, 1.82) is 0 Å². The molecule has 0 aliphatic heterocycles. The van der Waals surface area contributed by atoms with Crippen molar-refractivity contribution < 1.29 is 9.18 Å². The molecule has 26 heavy (non-hydrogen) atoms. The molecular formula is C21H20FN3O. The Bertz CT molecular complexity index is 923. The van der Waals surface area contributed by atoms with Gasteiger partial charge in [-0.05, 0) is 60.9 Å². The van der Waals surface area contributed by atoms with Crippen LogP contribution in [0.4, 0.5) is 15.8 Å². The number of nitrogens with one attached hydrogen (secondary N) is 2. The fraction of sp³-hybridized carbons (Fsp3) is 0.143. The molecule has 0 radical (unpaired) electrons. The largest absolute Gasteiger partial charge is 0.355 e. The summed E-state index contributed by atoms with van der Waals surface area (Å²) in [5.74, 6) is -0.578. The van der Waals surface area contributed by atoms with Gasteiger partial charge in [-0.1, -0.05) is 24.3 Å². The van der Waals surface area contributed by atoms with Gasteiger partial charge in [-0.25, -0.2) is 4.39 Å². The third kappa shape index (κ3) is 4.45. The van der Waals surface area contributed by atoms with Gasteiger partial charge < -0.3 is 10.6 Å². The average molecular weight is 349 g/mol. The van der Waals surface area contributed by atoms with Crippen LogP contribution in [0.1, 0.15) is 27.2 Å². The van der Waals surface area contributed by atoms with Gasteiger partial charge in [-0.2, -0.15) is 0 Å². The molecule has 1 heterocycles. The summed E-state index contributed by atoms with van der Waals surface area (Å²) in [4.78, 5) is 16.5. The summed E-state index contributed by atoms with van der Waals surface area (Å²) in [7, 11) is 0. The van der Waals surface area contributed by atoms with E-state index in [0.717, 1.165) is 28.1 Å². The Morgan fingerprint density at radius 1 is 1.04 bits per heavy atom. The number of carbonyl (C=O) groups is 1. The number of hydrogen-bond acceptors (Lipinski definition) is 3. The number of hydrogen-bond donors (Lipinski definition) is 2. The molecule has 0 saturated heterocycles. The second kappa shape index (κ2) is 7.78.